The molecule has 1 aliphatic rings. The minimum Gasteiger partial charge on any atom is -0.464 e. The Morgan fingerprint density at radius 2 is 2.11 bits per heavy atom. The van der Waals surface area contributed by atoms with Crippen LogP contribution in [-0.4, -0.2) is 49.4 Å². The van der Waals surface area contributed by atoms with Crippen molar-refractivity contribution in [3.8, 4) is 0 Å². The molecule has 0 aliphatic carbocycles. The summed E-state index contributed by atoms with van der Waals surface area (Å²) in [6.45, 7) is 3.87. The topological polar surface area (TPSA) is 82.1 Å². The van der Waals surface area contributed by atoms with Crippen LogP contribution in [0.4, 0.5) is 0 Å². The predicted molar refractivity (Wildman–Crippen MR) is 67.6 cm³/mol. The second kappa shape index (κ2) is 7.03. The third kappa shape index (κ3) is 3.55. The lowest BCUT2D eigenvalue weighted by Crippen LogP contribution is -2.43. The van der Waals surface area contributed by atoms with Crippen LogP contribution >= 0.6 is 7.60 Å². The van der Waals surface area contributed by atoms with Crippen LogP contribution in [0.5, 0.6) is 0 Å². The first-order valence-electron chi connectivity index (χ1n) is 6.26. The van der Waals surface area contributed by atoms with Gasteiger partial charge in [0.15, 0.2) is 0 Å². The lowest BCUT2D eigenvalue weighted by Gasteiger charge is -2.30. The number of carbonyl (C=O) groups is 2. The van der Waals surface area contributed by atoms with E-state index in [1.807, 2.05) is 0 Å². The predicted octanol–water partition coefficient (Wildman–Crippen LogP) is 1.37. The second-order valence-corrected chi connectivity index (χ2v) is 6.15. The zero-order valence-electron chi connectivity index (χ0n) is 11.5. The van der Waals surface area contributed by atoms with Gasteiger partial charge in [0.05, 0.1) is 13.2 Å². The molecule has 0 aromatic carbocycles. The van der Waals surface area contributed by atoms with Gasteiger partial charge >= 0.3 is 13.6 Å². The van der Waals surface area contributed by atoms with E-state index in [4.69, 9.17) is 13.8 Å². The fraction of sp³-hybridized carbons (Fsp3) is 0.818. The lowest BCUT2D eigenvalue weighted by molar-refractivity contribution is -0.150. The maximum atomic E-state index is 12.6. The molecule has 0 aromatic rings. The molecule has 8 heteroatoms. The van der Waals surface area contributed by atoms with Crippen molar-refractivity contribution in [2.45, 2.75) is 32.5 Å². The van der Waals surface area contributed by atoms with Gasteiger partial charge in [0, 0.05) is 20.1 Å². The monoisotopic (exact) mass is 293 g/mol. The molecule has 1 rings (SSSR count). The van der Waals surface area contributed by atoms with Crippen molar-refractivity contribution in [2.75, 3.05) is 26.9 Å². The molecule has 110 valence electrons. The molecule has 1 saturated heterocycles. The molecule has 2 atom stereocenters. The smallest absolute Gasteiger partial charge is 0.364 e. The van der Waals surface area contributed by atoms with Crippen LogP contribution in [0.1, 0.15) is 26.7 Å². The van der Waals surface area contributed by atoms with E-state index in [0.29, 0.717) is 19.4 Å². The minimum absolute atomic E-state index is 0.114. The summed E-state index contributed by atoms with van der Waals surface area (Å²) in [6.07, 6.45) is 0.941. The number of ether oxygens (including phenoxy) is 1. The number of hydrogen-bond donors (Lipinski definition) is 0. The highest BCUT2D eigenvalue weighted by atomic mass is 31.2. The van der Waals surface area contributed by atoms with E-state index in [9.17, 15) is 14.2 Å². The first-order chi connectivity index (χ1) is 9.00. The highest BCUT2D eigenvalue weighted by Gasteiger charge is 2.48. The molecule has 19 heavy (non-hydrogen) atoms. The van der Waals surface area contributed by atoms with Crippen molar-refractivity contribution in [3.05, 3.63) is 0 Å². The number of rotatable bonds is 7. The van der Waals surface area contributed by atoms with Crippen LogP contribution in [0, 0.1) is 0 Å². The quantitative estimate of drug-likeness (QED) is 0.521. The number of esters is 1. The van der Waals surface area contributed by atoms with Crippen LogP contribution in [0.15, 0.2) is 0 Å². The molecule has 2 unspecified atom stereocenters. The zero-order chi connectivity index (χ0) is 14.5. The number of amides is 1. The molecule has 0 radical (unpaired) electrons. The Bertz CT molecular complexity index is 385. The van der Waals surface area contributed by atoms with E-state index >= 15 is 0 Å². The van der Waals surface area contributed by atoms with Gasteiger partial charge in [-0.05, 0) is 20.3 Å². The molecule has 0 aromatic heterocycles. The van der Waals surface area contributed by atoms with Crippen LogP contribution in [0.3, 0.4) is 0 Å². The van der Waals surface area contributed by atoms with Gasteiger partial charge in [0.2, 0.25) is 11.7 Å². The zero-order valence-corrected chi connectivity index (χ0v) is 12.4. The Balaban J connectivity index is 3.06. The van der Waals surface area contributed by atoms with Crippen molar-refractivity contribution >= 4 is 19.5 Å². The summed E-state index contributed by atoms with van der Waals surface area (Å²) in [5, 5.41) is 0. The molecule has 7 nitrogen and oxygen atoms in total. The summed E-state index contributed by atoms with van der Waals surface area (Å²) in [7, 11) is -2.55. The number of likely N-dealkylation sites (tertiary alicyclic amines) is 1. The fourth-order valence-electron chi connectivity index (χ4n) is 1.97. The molecule has 1 amide bonds. The summed E-state index contributed by atoms with van der Waals surface area (Å²) in [4.78, 5) is 25.0. The standard InChI is InChI=1S/C11H20NO6P/c1-4-17-11(14)10(12-8-6-7-9(12)13)19(15,16-3)18-5-2/h10H,4-8H2,1-3H3. The highest BCUT2D eigenvalue weighted by Crippen LogP contribution is 2.54. The van der Waals surface area contributed by atoms with Crippen molar-refractivity contribution < 1.29 is 27.9 Å². The third-order valence-corrected chi connectivity index (χ3v) is 4.98. The summed E-state index contributed by atoms with van der Waals surface area (Å²) < 4.78 is 27.5. The maximum absolute atomic E-state index is 12.6. The van der Waals surface area contributed by atoms with Crippen molar-refractivity contribution in [1.82, 2.24) is 4.90 Å². The van der Waals surface area contributed by atoms with Gasteiger partial charge in [-0.25, -0.2) is 4.79 Å². The highest BCUT2D eigenvalue weighted by molar-refractivity contribution is 7.55. The molecule has 1 aliphatic heterocycles. The molecule has 0 bridgehead atoms. The molecular weight excluding hydrogens is 273 g/mol. The number of hydrogen-bond acceptors (Lipinski definition) is 6. The van der Waals surface area contributed by atoms with Crippen LogP contribution in [0.2, 0.25) is 0 Å². The SMILES string of the molecule is CCOC(=O)C(N1CCCC1=O)P(=O)(OC)OCC. The average Bonchev–Trinajstić information content (AvgIpc) is 2.76. The molecule has 0 N–H and O–H groups in total. The van der Waals surface area contributed by atoms with Crippen molar-refractivity contribution in [2.24, 2.45) is 0 Å². The normalized spacial score (nSPS) is 20.2. The molecule has 1 fully saturated rings. The largest absolute Gasteiger partial charge is 0.464 e. The number of nitrogens with zero attached hydrogens (tertiary/aromatic N) is 1. The Labute approximate surface area is 112 Å². The van der Waals surface area contributed by atoms with E-state index in [-0.39, 0.29) is 19.1 Å². The average molecular weight is 293 g/mol. The van der Waals surface area contributed by atoms with Crippen LogP contribution in [0.25, 0.3) is 0 Å². The lowest BCUT2D eigenvalue weighted by atomic mass is 10.4. The summed E-state index contributed by atoms with van der Waals surface area (Å²) in [6, 6.07) is 0. The van der Waals surface area contributed by atoms with Gasteiger partial charge < -0.3 is 18.7 Å². The first-order valence-corrected chi connectivity index (χ1v) is 7.87. The number of carbonyl (C=O) groups excluding carboxylic acids is 2. The van der Waals surface area contributed by atoms with Gasteiger partial charge in [-0.15, -0.1) is 0 Å². The van der Waals surface area contributed by atoms with E-state index in [1.165, 1.54) is 12.0 Å². The van der Waals surface area contributed by atoms with Gasteiger partial charge in [-0.2, -0.15) is 0 Å². The van der Waals surface area contributed by atoms with Crippen molar-refractivity contribution in [3.63, 3.8) is 0 Å². The Morgan fingerprint density at radius 3 is 2.53 bits per heavy atom. The fourth-order valence-corrected chi connectivity index (χ4v) is 3.70. The molecule has 0 spiro atoms. The molecule has 1 heterocycles. The third-order valence-electron chi connectivity index (χ3n) is 2.77. The Kier molecular flexibility index (Phi) is 5.97. The Hall–Kier alpha value is -0.910. The minimum atomic E-state index is -3.75. The van der Waals surface area contributed by atoms with E-state index in [2.05, 4.69) is 0 Å². The Morgan fingerprint density at radius 1 is 1.42 bits per heavy atom. The summed E-state index contributed by atoms with van der Waals surface area (Å²) in [5.41, 5.74) is 0. The van der Waals surface area contributed by atoms with Gasteiger partial charge in [0.1, 0.15) is 0 Å². The second-order valence-electron chi connectivity index (χ2n) is 3.96. The molecule has 0 saturated carbocycles. The van der Waals surface area contributed by atoms with E-state index < -0.39 is 19.3 Å². The summed E-state index contributed by atoms with van der Waals surface area (Å²) in [5.74, 6) is -2.31. The van der Waals surface area contributed by atoms with Gasteiger partial charge in [-0.3, -0.25) is 9.36 Å². The van der Waals surface area contributed by atoms with Crippen LogP contribution in [-0.2, 0) is 27.9 Å². The first kappa shape index (κ1) is 16.1. The van der Waals surface area contributed by atoms with Gasteiger partial charge in [0.25, 0.3) is 0 Å². The van der Waals surface area contributed by atoms with Crippen molar-refractivity contribution in [1.29, 1.82) is 0 Å². The van der Waals surface area contributed by atoms with Crippen LogP contribution < -0.4 is 0 Å². The maximum Gasteiger partial charge on any atom is 0.364 e. The van der Waals surface area contributed by atoms with Gasteiger partial charge in [-0.1, -0.05) is 0 Å². The van der Waals surface area contributed by atoms with E-state index in [0.717, 1.165) is 0 Å². The summed E-state index contributed by atoms with van der Waals surface area (Å²) >= 11 is 0. The molecular formula is C11H20NO6P. The van der Waals surface area contributed by atoms with E-state index in [1.54, 1.807) is 13.8 Å².